The Kier molecular flexibility index (Phi) is 5.10. The van der Waals surface area contributed by atoms with Gasteiger partial charge in [0.2, 0.25) is 0 Å². The number of morpholine rings is 1. The first kappa shape index (κ1) is 15.4. The van der Waals surface area contributed by atoms with Gasteiger partial charge in [0, 0.05) is 13.1 Å². The highest BCUT2D eigenvalue weighted by Crippen LogP contribution is 2.34. The van der Waals surface area contributed by atoms with E-state index in [1.54, 1.807) is 6.07 Å². The van der Waals surface area contributed by atoms with E-state index >= 15 is 0 Å². The molecule has 110 valence electrons. The van der Waals surface area contributed by atoms with Gasteiger partial charge in [0.25, 0.3) is 0 Å². The molecule has 1 atom stereocenters. The molecule has 1 aliphatic heterocycles. The molecule has 5 nitrogen and oxygen atoms in total. The molecule has 0 spiro atoms. The monoisotopic (exact) mass is 319 g/mol. The number of aromatic carboxylic acids is 1. The molecule has 0 saturated carbocycles. The molecule has 1 aromatic rings. The van der Waals surface area contributed by atoms with Gasteiger partial charge >= 0.3 is 5.97 Å². The van der Waals surface area contributed by atoms with Crippen molar-refractivity contribution in [2.45, 2.75) is 13.2 Å². The zero-order valence-corrected chi connectivity index (χ0v) is 12.4. The predicted molar refractivity (Wildman–Crippen MR) is 75.9 cm³/mol. The Bertz CT molecular complexity index is 503. The summed E-state index contributed by atoms with van der Waals surface area (Å²) in [7, 11) is 0. The molecule has 1 saturated heterocycles. The van der Waals surface area contributed by atoms with Crippen LogP contribution in [0.3, 0.4) is 0 Å². The van der Waals surface area contributed by atoms with Crippen molar-refractivity contribution in [3.05, 3.63) is 27.7 Å². The fourth-order valence-electron chi connectivity index (χ4n) is 2.02. The summed E-state index contributed by atoms with van der Waals surface area (Å²) in [5, 5.41) is 9.21. The van der Waals surface area contributed by atoms with Gasteiger partial charge in [-0.1, -0.05) is 23.2 Å². The van der Waals surface area contributed by atoms with Crippen molar-refractivity contribution in [2.24, 2.45) is 0 Å². The maximum atomic E-state index is 11.1. The lowest BCUT2D eigenvalue weighted by Crippen LogP contribution is -2.44. The van der Waals surface area contributed by atoms with Crippen LogP contribution in [0.2, 0.25) is 10.0 Å². The van der Waals surface area contributed by atoms with Crippen molar-refractivity contribution in [3.8, 4) is 5.75 Å². The van der Waals surface area contributed by atoms with Crippen LogP contribution in [0.15, 0.2) is 12.1 Å². The minimum absolute atomic E-state index is 0.0186. The summed E-state index contributed by atoms with van der Waals surface area (Å²) in [5.41, 5.74) is -0.139. The van der Waals surface area contributed by atoms with Gasteiger partial charge in [-0.05, 0) is 19.1 Å². The molecule has 1 unspecified atom stereocenters. The average Bonchev–Trinajstić information content (AvgIpc) is 2.42. The van der Waals surface area contributed by atoms with Crippen LogP contribution in [-0.2, 0) is 4.74 Å². The number of hydrogen-bond donors (Lipinski definition) is 1. The Hall–Kier alpha value is -1.01. The van der Waals surface area contributed by atoms with Crippen LogP contribution in [0.5, 0.6) is 5.75 Å². The third kappa shape index (κ3) is 3.35. The molecule has 0 aliphatic carbocycles. The van der Waals surface area contributed by atoms with E-state index in [1.165, 1.54) is 6.07 Å². The molecule has 1 N–H and O–H groups in total. The summed E-state index contributed by atoms with van der Waals surface area (Å²) in [6.45, 7) is 4.72. The number of carboxylic acids is 1. The molecule has 0 aromatic heterocycles. The summed E-state index contributed by atoms with van der Waals surface area (Å²) in [4.78, 5) is 13.2. The van der Waals surface area contributed by atoms with Gasteiger partial charge in [0.1, 0.15) is 17.5 Å². The number of halogens is 2. The number of ether oxygens (including phenoxy) is 2. The predicted octanol–water partition coefficient (Wildman–Crippen LogP) is 2.75. The van der Waals surface area contributed by atoms with Crippen molar-refractivity contribution in [3.63, 3.8) is 0 Å². The second-order valence-corrected chi connectivity index (χ2v) is 5.19. The number of carboxylic acid groups (broad SMARTS) is 1. The average molecular weight is 320 g/mol. The topological polar surface area (TPSA) is 59.0 Å². The van der Waals surface area contributed by atoms with Crippen molar-refractivity contribution < 1.29 is 19.4 Å². The normalized spacial score (nSPS) is 17.8. The Labute approximate surface area is 127 Å². The van der Waals surface area contributed by atoms with E-state index in [4.69, 9.17) is 37.8 Å². The first-order valence-corrected chi connectivity index (χ1v) is 6.96. The molecular formula is C13H15Cl2NO4. The molecule has 1 aliphatic rings. The molecular weight excluding hydrogens is 305 g/mol. The fraction of sp³-hybridized carbons (Fsp3) is 0.462. The van der Waals surface area contributed by atoms with Crippen molar-refractivity contribution in [1.29, 1.82) is 0 Å². The summed E-state index contributed by atoms with van der Waals surface area (Å²) in [6.07, 6.45) is -0.223. The number of nitrogens with zero attached hydrogens (tertiary/aromatic N) is 1. The van der Waals surface area contributed by atoms with E-state index in [1.807, 2.05) is 6.92 Å². The highest BCUT2D eigenvalue weighted by Gasteiger charge is 2.22. The van der Waals surface area contributed by atoms with Crippen molar-refractivity contribution in [2.75, 3.05) is 26.3 Å². The SMILES string of the molecule is CC(Oc1ccc(Cl)c(C(=O)O)c1Cl)N1CCOCC1. The molecule has 1 aromatic carbocycles. The van der Waals surface area contributed by atoms with Crippen LogP contribution in [0.25, 0.3) is 0 Å². The van der Waals surface area contributed by atoms with Crippen molar-refractivity contribution in [1.82, 2.24) is 4.90 Å². The lowest BCUT2D eigenvalue weighted by atomic mass is 10.2. The molecule has 0 radical (unpaired) electrons. The Morgan fingerprint density at radius 3 is 2.65 bits per heavy atom. The van der Waals surface area contributed by atoms with Gasteiger partial charge in [-0.2, -0.15) is 0 Å². The molecule has 1 fully saturated rings. The standard InChI is InChI=1S/C13H15Cl2NO4/c1-8(16-4-6-19-7-5-16)20-10-3-2-9(14)11(12(10)15)13(17)18/h2-3,8H,4-7H2,1H3,(H,17,18). The van der Waals surface area contributed by atoms with Crippen LogP contribution >= 0.6 is 23.2 Å². The van der Waals surface area contributed by atoms with E-state index in [9.17, 15) is 4.79 Å². The molecule has 20 heavy (non-hydrogen) atoms. The first-order chi connectivity index (χ1) is 9.50. The summed E-state index contributed by atoms with van der Waals surface area (Å²) < 4.78 is 11.0. The second-order valence-electron chi connectivity index (χ2n) is 4.41. The van der Waals surface area contributed by atoms with Gasteiger partial charge in [0.05, 0.1) is 23.3 Å². The van der Waals surface area contributed by atoms with Crippen LogP contribution < -0.4 is 4.74 Å². The zero-order chi connectivity index (χ0) is 14.7. The highest BCUT2D eigenvalue weighted by atomic mass is 35.5. The van der Waals surface area contributed by atoms with E-state index in [0.29, 0.717) is 19.0 Å². The first-order valence-electron chi connectivity index (χ1n) is 6.20. The Morgan fingerprint density at radius 2 is 2.05 bits per heavy atom. The number of rotatable bonds is 4. The Balaban J connectivity index is 2.16. The fourth-order valence-corrected chi connectivity index (χ4v) is 2.60. The molecule has 2 rings (SSSR count). The molecule has 0 bridgehead atoms. The second kappa shape index (κ2) is 6.63. The van der Waals surface area contributed by atoms with Gasteiger partial charge in [0.15, 0.2) is 0 Å². The van der Waals surface area contributed by atoms with Crippen LogP contribution in [0.1, 0.15) is 17.3 Å². The number of hydrogen-bond acceptors (Lipinski definition) is 4. The van der Waals surface area contributed by atoms with Gasteiger partial charge in [-0.3, -0.25) is 4.90 Å². The summed E-state index contributed by atoms with van der Waals surface area (Å²) >= 11 is 11.9. The maximum absolute atomic E-state index is 11.1. The maximum Gasteiger partial charge on any atom is 0.338 e. The summed E-state index contributed by atoms with van der Waals surface area (Å²) in [5.74, 6) is -0.864. The molecule has 0 amide bonds. The number of carbonyl (C=O) groups is 1. The van der Waals surface area contributed by atoms with E-state index < -0.39 is 5.97 Å². The Morgan fingerprint density at radius 1 is 1.40 bits per heavy atom. The van der Waals surface area contributed by atoms with Gasteiger partial charge in [-0.25, -0.2) is 4.79 Å². The third-order valence-corrected chi connectivity index (χ3v) is 3.82. The van der Waals surface area contributed by atoms with Gasteiger partial charge in [-0.15, -0.1) is 0 Å². The van der Waals surface area contributed by atoms with Gasteiger partial charge < -0.3 is 14.6 Å². The van der Waals surface area contributed by atoms with E-state index in [0.717, 1.165) is 13.1 Å². The number of benzene rings is 1. The lowest BCUT2D eigenvalue weighted by Gasteiger charge is -2.32. The third-order valence-electron chi connectivity index (χ3n) is 3.13. The van der Waals surface area contributed by atoms with Crippen LogP contribution in [0, 0.1) is 0 Å². The quantitative estimate of drug-likeness (QED) is 0.924. The van der Waals surface area contributed by atoms with E-state index in [2.05, 4.69) is 4.90 Å². The smallest absolute Gasteiger partial charge is 0.338 e. The minimum Gasteiger partial charge on any atom is -0.478 e. The lowest BCUT2D eigenvalue weighted by molar-refractivity contribution is -0.0373. The zero-order valence-electron chi connectivity index (χ0n) is 10.9. The molecule has 7 heteroatoms. The molecule has 1 heterocycles. The van der Waals surface area contributed by atoms with Crippen LogP contribution in [0.4, 0.5) is 0 Å². The van der Waals surface area contributed by atoms with Crippen LogP contribution in [-0.4, -0.2) is 48.5 Å². The summed E-state index contributed by atoms with van der Waals surface area (Å²) in [6, 6.07) is 3.05. The minimum atomic E-state index is -1.18. The highest BCUT2D eigenvalue weighted by molar-refractivity contribution is 6.40. The van der Waals surface area contributed by atoms with E-state index in [-0.39, 0.29) is 21.8 Å². The largest absolute Gasteiger partial charge is 0.478 e. The van der Waals surface area contributed by atoms with Crippen molar-refractivity contribution >= 4 is 29.2 Å².